The lowest BCUT2D eigenvalue weighted by Crippen LogP contribution is -2.44. The molecule has 0 bridgehead atoms. The van der Waals surface area contributed by atoms with Gasteiger partial charge in [0.15, 0.2) is 0 Å². The Labute approximate surface area is 133 Å². The lowest BCUT2D eigenvalue weighted by molar-refractivity contribution is -0.127. The van der Waals surface area contributed by atoms with Gasteiger partial charge in [-0.25, -0.2) is 0 Å². The lowest BCUT2D eigenvalue weighted by atomic mass is 9.95. The molecule has 122 valence electrons. The molecule has 4 heteroatoms. The van der Waals surface area contributed by atoms with Crippen molar-refractivity contribution in [3.05, 3.63) is 35.4 Å². The van der Waals surface area contributed by atoms with E-state index in [0.717, 1.165) is 32.5 Å². The molecule has 1 aromatic rings. The van der Waals surface area contributed by atoms with Gasteiger partial charge in [0.2, 0.25) is 5.91 Å². The summed E-state index contributed by atoms with van der Waals surface area (Å²) in [6.45, 7) is 7.64. The fourth-order valence-electron chi connectivity index (χ4n) is 3.07. The molecule has 0 saturated carbocycles. The number of carbonyl (C=O) groups is 1. The van der Waals surface area contributed by atoms with Crippen LogP contribution in [0.2, 0.25) is 0 Å². The van der Waals surface area contributed by atoms with E-state index in [0.29, 0.717) is 6.61 Å². The fraction of sp³-hybridized carbons (Fsp3) is 0.611. The minimum absolute atomic E-state index is 0.0859. The third-order valence-corrected chi connectivity index (χ3v) is 4.25. The Hall–Kier alpha value is -1.39. The Kier molecular flexibility index (Phi) is 6.40. The van der Waals surface area contributed by atoms with E-state index in [-0.39, 0.29) is 17.9 Å². The summed E-state index contributed by atoms with van der Waals surface area (Å²) in [5.74, 6) is 0.327. The van der Waals surface area contributed by atoms with Crippen LogP contribution in [-0.4, -0.2) is 43.7 Å². The number of amides is 1. The predicted octanol–water partition coefficient (Wildman–Crippen LogP) is 2.36. The molecule has 1 atom stereocenters. The van der Waals surface area contributed by atoms with E-state index in [1.54, 1.807) is 7.11 Å². The second-order valence-electron chi connectivity index (χ2n) is 6.40. The molecule has 0 spiro atoms. The Morgan fingerprint density at radius 3 is 2.77 bits per heavy atom. The highest BCUT2D eigenvalue weighted by Crippen LogP contribution is 2.19. The SMILES string of the molecule is COC[C@@H](C)NC(=O)C1CCN(Cc2cccc(C)c2)CC1. The Bertz CT molecular complexity index is 482. The number of benzene rings is 1. The maximum Gasteiger partial charge on any atom is 0.223 e. The first kappa shape index (κ1) is 17.0. The van der Waals surface area contributed by atoms with Crippen molar-refractivity contribution in [2.45, 2.75) is 39.3 Å². The van der Waals surface area contributed by atoms with Crippen LogP contribution in [-0.2, 0) is 16.1 Å². The maximum absolute atomic E-state index is 12.2. The molecule has 0 unspecified atom stereocenters. The second-order valence-corrected chi connectivity index (χ2v) is 6.40. The van der Waals surface area contributed by atoms with Crippen molar-refractivity contribution < 1.29 is 9.53 Å². The Morgan fingerprint density at radius 2 is 2.14 bits per heavy atom. The molecular weight excluding hydrogens is 276 g/mol. The monoisotopic (exact) mass is 304 g/mol. The van der Waals surface area contributed by atoms with Gasteiger partial charge in [-0.1, -0.05) is 29.8 Å². The standard InChI is InChI=1S/C18H28N2O2/c1-14-5-4-6-16(11-14)12-20-9-7-17(8-10-20)18(21)19-15(2)13-22-3/h4-6,11,15,17H,7-10,12-13H2,1-3H3,(H,19,21)/t15-/m1/s1. The lowest BCUT2D eigenvalue weighted by Gasteiger charge is -2.31. The highest BCUT2D eigenvalue weighted by atomic mass is 16.5. The molecule has 1 saturated heterocycles. The number of carbonyl (C=O) groups excluding carboxylic acids is 1. The minimum atomic E-state index is 0.0859. The third-order valence-electron chi connectivity index (χ3n) is 4.25. The van der Waals surface area contributed by atoms with Crippen molar-refractivity contribution >= 4 is 5.91 Å². The van der Waals surface area contributed by atoms with Crippen molar-refractivity contribution in [1.82, 2.24) is 10.2 Å². The summed E-state index contributed by atoms with van der Waals surface area (Å²) in [6, 6.07) is 8.75. The smallest absolute Gasteiger partial charge is 0.223 e. The van der Waals surface area contributed by atoms with Crippen LogP contribution < -0.4 is 5.32 Å². The molecule has 1 heterocycles. The van der Waals surface area contributed by atoms with Gasteiger partial charge in [-0.05, 0) is 45.3 Å². The van der Waals surface area contributed by atoms with E-state index in [9.17, 15) is 4.79 Å². The number of piperidine rings is 1. The molecule has 2 rings (SSSR count). The molecule has 1 N–H and O–H groups in total. The number of rotatable bonds is 6. The van der Waals surface area contributed by atoms with Crippen molar-refractivity contribution in [1.29, 1.82) is 0 Å². The average Bonchev–Trinajstić information content (AvgIpc) is 2.48. The molecule has 1 amide bonds. The molecule has 1 aliphatic heterocycles. The number of methoxy groups -OCH3 is 1. The maximum atomic E-state index is 12.2. The van der Waals surface area contributed by atoms with Crippen molar-refractivity contribution in [2.24, 2.45) is 5.92 Å². The second kappa shape index (κ2) is 8.30. The topological polar surface area (TPSA) is 41.6 Å². The number of ether oxygens (including phenoxy) is 1. The van der Waals surface area contributed by atoms with Gasteiger partial charge in [-0.15, -0.1) is 0 Å². The number of nitrogens with zero attached hydrogens (tertiary/aromatic N) is 1. The molecule has 1 aromatic carbocycles. The Balaban J connectivity index is 1.76. The van der Waals surface area contributed by atoms with Crippen molar-refractivity contribution in [3.63, 3.8) is 0 Å². The van der Waals surface area contributed by atoms with Gasteiger partial charge in [-0.3, -0.25) is 9.69 Å². The number of likely N-dealkylation sites (tertiary alicyclic amines) is 1. The molecule has 0 radical (unpaired) electrons. The molecule has 1 aliphatic rings. The summed E-state index contributed by atoms with van der Waals surface area (Å²) in [7, 11) is 1.66. The largest absolute Gasteiger partial charge is 0.383 e. The van der Waals surface area contributed by atoms with Gasteiger partial charge < -0.3 is 10.1 Å². The van der Waals surface area contributed by atoms with E-state index in [2.05, 4.69) is 41.4 Å². The summed E-state index contributed by atoms with van der Waals surface area (Å²) >= 11 is 0. The van der Waals surface area contributed by atoms with E-state index in [1.165, 1.54) is 11.1 Å². The summed E-state index contributed by atoms with van der Waals surface area (Å²) in [5.41, 5.74) is 2.66. The van der Waals surface area contributed by atoms with Crippen molar-refractivity contribution in [3.8, 4) is 0 Å². The zero-order chi connectivity index (χ0) is 15.9. The van der Waals surface area contributed by atoms with Crippen LogP contribution in [0.25, 0.3) is 0 Å². The average molecular weight is 304 g/mol. The predicted molar refractivity (Wildman–Crippen MR) is 88.7 cm³/mol. The highest BCUT2D eigenvalue weighted by Gasteiger charge is 2.25. The van der Waals surface area contributed by atoms with E-state index >= 15 is 0 Å². The number of nitrogens with one attached hydrogen (secondary N) is 1. The van der Waals surface area contributed by atoms with Crippen LogP contribution in [0, 0.1) is 12.8 Å². The first-order chi connectivity index (χ1) is 10.6. The van der Waals surface area contributed by atoms with E-state index < -0.39 is 0 Å². The number of hydrogen-bond acceptors (Lipinski definition) is 3. The van der Waals surface area contributed by atoms with Gasteiger partial charge in [0.25, 0.3) is 0 Å². The van der Waals surface area contributed by atoms with Gasteiger partial charge >= 0.3 is 0 Å². The van der Waals surface area contributed by atoms with Crippen molar-refractivity contribution in [2.75, 3.05) is 26.8 Å². The third kappa shape index (κ3) is 5.11. The van der Waals surface area contributed by atoms with E-state index in [1.807, 2.05) is 6.92 Å². The van der Waals surface area contributed by atoms with Gasteiger partial charge in [-0.2, -0.15) is 0 Å². The van der Waals surface area contributed by atoms with Crippen LogP contribution in [0.4, 0.5) is 0 Å². The zero-order valence-electron chi connectivity index (χ0n) is 14.0. The minimum Gasteiger partial charge on any atom is -0.383 e. The van der Waals surface area contributed by atoms with Crippen LogP contribution in [0.1, 0.15) is 30.9 Å². The van der Waals surface area contributed by atoms with E-state index in [4.69, 9.17) is 4.74 Å². The summed E-state index contributed by atoms with van der Waals surface area (Å²) in [6.07, 6.45) is 1.88. The normalized spacial score (nSPS) is 18.1. The van der Waals surface area contributed by atoms with Crippen LogP contribution >= 0.6 is 0 Å². The van der Waals surface area contributed by atoms with Gasteiger partial charge in [0.05, 0.1) is 6.61 Å². The summed E-state index contributed by atoms with van der Waals surface area (Å²) in [4.78, 5) is 14.6. The van der Waals surface area contributed by atoms with Crippen LogP contribution in [0.3, 0.4) is 0 Å². The first-order valence-corrected chi connectivity index (χ1v) is 8.15. The molecule has 4 nitrogen and oxygen atoms in total. The quantitative estimate of drug-likeness (QED) is 0.877. The number of hydrogen-bond donors (Lipinski definition) is 1. The molecule has 1 fully saturated rings. The summed E-state index contributed by atoms with van der Waals surface area (Å²) < 4.78 is 5.06. The molecular formula is C18H28N2O2. The fourth-order valence-corrected chi connectivity index (χ4v) is 3.07. The number of aryl methyl sites for hydroxylation is 1. The summed E-state index contributed by atoms with van der Waals surface area (Å²) in [5, 5.41) is 3.04. The van der Waals surface area contributed by atoms with Gasteiger partial charge in [0.1, 0.15) is 0 Å². The van der Waals surface area contributed by atoms with Gasteiger partial charge in [0, 0.05) is 25.6 Å². The van der Waals surface area contributed by atoms with Crippen LogP contribution in [0.5, 0.6) is 0 Å². The molecule has 0 aliphatic carbocycles. The molecule has 0 aromatic heterocycles. The highest BCUT2D eigenvalue weighted by molar-refractivity contribution is 5.79. The Morgan fingerprint density at radius 1 is 1.41 bits per heavy atom. The zero-order valence-corrected chi connectivity index (χ0v) is 14.0. The first-order valence-electron chi connectivity index (χ1n) is 8.15. The molecule has 22 heavy (non-hydrogen) atoms. The van der Waals surface area contributed by atoms with Crippen LogP contribution in [0.15, 0.2) is 24.3 Å².